The summed E-state index contributed by atoms with van der Waals surface area (Å²) in [4.78, 5) is 12.7. The first-order chi connectivity index (χ1) is 13.7. The van der Waals surface area contributed by atoms with Crippen molar-refractivity contribution in [2.75, 3.05) is 0 Å². The molecular weight excluding hydrogens is 427 g/mol. The molecule has 5 nitrogen and oxygen atoms in total. The normalized spacial score (nSPS) is 12.0. The average Bonchev–Trinajstić information content (AvgIpc) is 3.15. The number of hydrogen-bond acceptors (Lipinski definition) is 5. The third kappa shape index (κ3) is 5.43. The predicted molar refractivity (Wildman–Crippen MR) is 101 cm³/mol. The van der Waals surface area contributed by atoms with Gasteiger partial charge in [0.1, 0.15) is 10.6 Å². The summed E-state index contributed by atoms with van der Waals surface area (Å²) in [5, 5.41) is 0. The lowest BCUT2D eigenvalue weighted by Crippen LogP contribution is -2.25. The number of ketones is 1. The topological polar surface area (TPSA) is 72.5 Å². The van der Waals surface area contributed by atoms with E-state index < -0.39 is 27.0 Å². The lowest BCUT2D eigenvalue weighted by atomic mass is 10.1. The van der Waals surface area contributed by atoms with E-state index in [0.717, 1.165) is 23.5 Å². The number of para-hydroxylation sites is 1. The number of carbonyl (C=O) groups excluding carboxylic acids is 1. The zero-order valence-corrected chi connectivity index (χ0v) is 16.3. The highest BCUT2D eigenvalue weighted by Gasteiger charge is 2.34. The molecule has 0 atom stereocenters. The van der Waals surface area contributed by atoms with E-state index in [0.29, 0.717) is 15.3 Å². The van der Waals surface area contributed by atoms with Crippen LogP contribution in [0.15, 0.2) is 71.6 Å². The van der Waals surface area contributed by atoms with Crippen molar-refractivity contribution in [1.29, 1.82) is 0 Å². The van der Waals surface area contributed by atoms with Crippen LogP contribution in [0.25, 0.3) is 0 Å². The Kier molecular flexibility index (Phi) is 6.06. The molecule has 0 fully saturated rings. The lowest BCUT2D eigenvalue weighted by molar-refractivity contribution is -0.275. The van der Waals surface area contributed by atoms with Gasteiger partial charge in [0.15, 0.2) is 0 Å². The highest BCUT2D eigenvalue weighted by molar-refractivity contribution is 7.89. The van der Waals surface area contributed by atoms with Crippen LogP contribution in [0.5, 0.6) is 5.75 Å². The third-order valence-electron chi connectivity index (χ3n) is 3.72. The molecule has 0 aliphatic carbocycles. The van der Waals surface area contributed by atoms with Crippen molar-refractivity contribution in [3.8, 4) is 5.75 Å². The van der Waals surface area contributed by atoms with Crippen molar-refractivity contribution in [3.05, 3.63) is 82.0 Å². The van der Waals surface area contributed by atoms with E-state index in [4.69, 9.17) is 0 Å². The number of alkyl halides is 3. The van der Waals surface area contributed by atoms with Crippen LogP contribution in [0.2, 0.25) is 0 Å². The van der Waals surface area contributed by atoms with Crippen molar-refractivity contribution in [2.24, 2.45) is 0 Å². The van der Waals surface area contributed by atoms with E-state index in [1.54, 1.807) is 42.5 Å². The van der Waals surface area contributed by atoms with Crippen LogP contribution < -0.4 is 9.46 Å². The molecular formula is C19H14F3NO4S2. The maximum atomic E-state index is 12.5. The van der Waals surface area contributed by atoms with Gasteiger partial charge in [0.05, 0.1) is 4.88 Å². The van der Waals surface area contributed by atoms with E-state index >= 15 is 0 Å². The van der Waals surface area contributed by atoms with Gasteiger partial charge in [-0.15, -0.1) is 24.5 Å². The number of carbonyl (C=O) groups is 1. The molecule has 152 valence electrons. The van der Waals surface area contributed by atoms with Gasteiger partial charge in [0.2, 0.25) is 15.8 Å². The molecule has 29 heavy (non-hydrogen) atoms. The molecule has 2 aromatic carbocycles. The number of thiophene rings is 1. The molecule has 1 N–H and O–H groups in total. The largest absolute Gasteiger partial charge is 0.573 e. The summed E-state index contributed by atoms with van der Waals surface area (Å²) in [5.41, 5.74) is 0.500. The molecule has 0 unspecified atom stereocenters. The highest BCUT2D eigenvalue weighted by Crippen LogP contribution is 2.29. The Labute approximate surface area is 168 Å². The molecule has 0 saturated heterocycles. The number of sulfonamides is 1. The van der Waals surface area contributed by atoms with E-state index in [9.17, 15) is 26.4 Å². The van der Waals surface area contributed by atoms with Crippen molar-refractivity contribution in [2.45, 2.75) is 17.8 Å². The monoisotopic (exact) mass is 441 g/mol. The van der Waals surface area contributed by atoms with Gasteiger partial charge in [-0.2, -0.15) is 0 Å². The zero-order valence-electron chi connectivity index (χ0n) is 14.6. The summed E-state index contributed by atoms with van der Waals surface area (Å²) in [5.74, 6) is -1.02. The molecule has 0 spiro atoms. The van der Waals surface area contributed by atoms with Crippen LogP contribution in [0.4, 0.5) is 13.2 Å². The summed E-state index contributed by atoms with van der Waals surface area (Å²) < 4.78 is 68.5. The standard InChI is InChI=1S/C19H14F3NO4S2/c20-19(21,22)27-15-8-4-5-9-17(15)29(25,26)23-12-14-10-11-16(28-14)18(24)13-6-2-1-3-7-13/h1-11,23H,12H2. The number of nitrogens with one attached hydrogen (secondary N) is 1. The van der Waals surface area contributed by atoms with E-state index in [1.165, 1.54) is 12.1 Å². The van der Waals surface area contributed by atoms with Crippen LogP contribution in [-0.4, -0.2) is 20.6 Å². The van der Waals surface area contributed by atoms with Crippen LogP contribution in [-0.2, 0) is 16.6 Å². The predicted octanol–water partition coefficient (Wildman–Crippen LogP) is 4.36. The molecule has 0 aliphatic rings. The summed E-state index contributed by atoms with van der Waals surface area (Å²) in [7, 11) is -4.28. The van der Waals surface area contributed by atoms with Crippen molar-refractivity contribution >= 4 is 27.1 Å². The minimum atomic E-state index is -5.02. The molecule has 10 heteroatoms. The minimum Gasteiger partial charge on any atom is -0.404 e. The fourth-order valence-electron chi connectivity index (χ4n) is 2.45. The summed E-state index contributed by atoms with van der Waals surface area (Å²) >= 11 is 1.10. The molecule has 1 heterocycles. The lowest BCUT2D eigenvalue weighted by Gasteiger charge is -2.13. The number of hydrogen-bond donors (Lipinski definition) is 1. The molecule has 3 aromatic rings. The molecule has 0 aliphatic heterocycles. The van der Waals surface area contributed by atoms with E-state index in [1.807, 2.05) is 0 Å². The highest BCUT2D eigenvalue weighted by atomic mass is 32.2. The Hall–Kier alpha value is -2.69. The quantitative estimate of drug-likeness (QED) is 0.553. The first-order valence-electron chi connectivity index (χ1n) is 8.18. The van der Waals surface area contributed by atoms with E-state index in [-0.39, 0.29) is 12.3 Å². The van der Waals surface area contributed by atoms with Gasteiger partial charge in [-0.3, -0.25) is 4.79 Å². The molecule has 0 saturated carbocycles. The number of rotatable bonds is 7. The number of ether oxygens (including phenoxy) is 1. The van der Waals surface area contributed by atoms with Gasteiger partial charge < -0.3 is 4.74 Å². The Bertz CT molecular complexity index is 1110. The fraction of sp³-hybridized carbons (Fsp3) is 0.105. The Morgan fingerprint density at radius 1 is 0.966 bits per heavy atom. The second-order valence-electron chi connectivity index (χ2n) is 5.78. The van der Waals surface area contributed by atoms with Crippen molar-refractivity contribution in [1.82, 2.24) is 4.72 Å². The van der Waals surface area contributed by atoms with Gasteiger partial charge in [-0.25, -0.2) is 13.1 Å². The third-order valence-corrected chi connectivity index (χ3v) is 6.25. The van der Waals surface area contributed by atoms with Crippen LogP contribution in [0, 0.1) is 0 Å². The van der Waals surface area contributed by atoms with Crippen LogP contribution in [0.1, 0.15) is 20.1 Å². The van der Waals surface area contributed by atoms with Crippen LogP contribution in [0.3, 0.4) is 0 Å². The molecule has 3 rings (SSSR count). The second kappa shape index (κ2) is 8.36. The van der Waals surface area contributed by atoms with Gasteiger partial charge in [-0.1, -0.05) is 42.5 Å². The van der Waals surface area contributed by atoms with Crippen LogP contribution >= 0.6 is 11.3 Å². The zero-order chi connectivity index (χ0) is 21.1. The first-order valence-corrected chi connectivity index (χ1v) is 10.5. The SMILES string of the molecule is O=C(c1ccccc1)c1ccc(CNS(=O)(=O)c2ccccc2OC(F)(F)F)s1. The minimum absolute atomic E-state index is 0.185. The maximum absolute atomic E-state index is 12.5. The van der Waals surface area contributed by atoms with Crippen molar-refractivity contribution in [3.63, 3.8) is 0 Å². The smallest absolute Gasteiger partial charge is 0.404 e. The maximum Gasteiger partial charge on any atom is 0.573 e. The molecule has 0 radical (unpaired) electrons. The van der Waals surface area contributed by atoms with Gasteiger partial charge >= 0.3 is 6.36 Å². The average molecular weight is 441 g/mol. The summed E-state index contributed by atoms with van der Waals surface area (Å²) in [6.45, 7) is -0.185. The van der Waals surface area contributed by atoms with Gasteiger partial charge in [-0.05, 0) is 24.3 Å². The molecule has 0 amide bonds. The Morgan fingerprint density at radius 2 is 1.62 bits per heavy atom. The fourth-order valence-corrected chi connectivity index (χ4v) is 4.59. The van der Waals surface area contributed by atoms with Crippen molar-refractivity contribution < 1.29 is 31.1 Å². The number of halogens is 3. The van der Waals surface area contributed by atoms with E-state index in [2.05, 4.69) is 9.46 Å². The molecule has 1 aromatic heterocycles. The number of benzene rings is 2. The Balaban J connectivity index is 1.74. The first kappa shape index (κ1) is 21.0. The van der Waals surface area contributed by atoms with Gasteiger partial charge in [0.25, 0.3) is 0 Å². The second-order valence-corrected chi connectivity index (χ2v) is 8.68. The summed E-state index contributed by atoms with van der Waals surface area (Å²) in [6.07, 6.45) is -5.02. The van der Waals surface area contributed by atoms with Gasteiger partial charge in [0, 0.05) is 17.0 Å². The Morgan fingerprint density at radius 3 is 2.31 bits per heavy atom. The molecule has 0 bridgehead atoms. The summed E-state index contributed by atoms with van der Waals surface area (Å²) in [6, 6.07) is 16.2.